The fourth-order valence-electron chi connectivity index (χ4n) is 2.91. The second kappa shape index (κ2) is 6.44. The van der Waals surface area contributed by atoms with Crippen molar-refractivity contribution in [1.82, 2.24) is 9.78 Å². The number of fused-ring (bicyclic) bond motifs is 1. The molecule has 1 aromatic heterocycles. The molecule has 0 bridgehead atoms. The van der Waals surface area contributed by atoms with Crippen LogP contribution in [0.1, 0.15) is 12.5 Å². The summed E-state index contributed by atoms with van der Waals surface area (Å²) in [6.07, 6.45) is -0.0663. The molecule has 2 N–H and O–H groups in total. The zero-order chi connectivity index (χ0) is 18.1. The van der Waals surface area contributed by atoms with Gasteiger partial charge in [0, 0.05) is 11.6 Å². The molecule has 0 radical (unpaired) electrons. The summed E-state index contributed by atoms with van der Waals surface area (Å²) >= 11 is 0. The summed E-state index contributed by atoms with van der Waals surface area (Å²) in [5, 5.41) is 9.72. The molecular weight excluding hydrogens is 335 g/mol. The average Bonchev–Trinajstić information content (AvgIpc) is 3.07. The molecule has 2 amide bonds. The van der Waals surface area contributed by atoms with Gasteiger partial charge in [-0.15, -0.1) is 0 Å². The van der Waals surface area contributed by atoms with Gasteiger partial charge in [-0.2, -0.15) is 5.10 Å². The molecular formula is C19H15FN4O2. The number of anilines is 2. The molecule has 0 fully saturated rings. The monoisotopic (exact) mass is 350 g/mol. The number of rotatable bonds is 3. The summed E-state index contributed by atoms with van der Waals surface area (Å²) in [6, 6.07) is 16.2. The van der Waals surface area contributed by atoms with Crippen molar-refractivity contribution < 1.29 is 14.0 Å². The number of benzene rings is 2. The molecule has 1 atom stereocenters. The normalized spacial score (nSPS) is 15.9. The first kappa shape index (κ1) is 16.0. The number of para-hydroxylation sites is 1. The van der Waals surface area contributed by atoms with Crippen LogP contribution in [0, 0.1) is 5.82 Å². The first-order chi connectivity index (χ1) is 12.6. The Bertz CT molecular complexity index is 984. The van der Waals surface area contributed by atoms with Gasteiger partial charge in [0.05, 0.1) is 17.8 Å². The maximum absolute atomic E-state index is 13.8. The number of amides is 2. The minimum Gasteiger partial charge on any atom is -0.322 e. The molecule has 130 valence electrons. The third-order valence-corrected chi connectivity index (χ3v) is 4.18. The molecule has 1 unspecified atom stereocenters. The lowest BCUT2D eigenvalue weighted by molar-refractivity contribution is -0.125. The fourth-order valence-corrected chi connectivity index (χ4v) is 2.91. The maximum atomic E-state index is 13.8. The van der Waals surface area contributed by atoms with Crippen LogP contribution < -0.4 is 10.6 Å². The van der Waals surface area contributed by atoms with E-state index in [1.54, 1.807) is 12.1 Å². The van der Waals surface area contributed by atoms with Crippen molar-refractivity contribution in [3.63, 3.8) is 0 Å². The smallest absolute Gasteiger partial charge is 0.249 e. The predicted octanol–water partition coefficient (Wildman–Crippen LogP) is 3.21. The Morgan fingerprint density at radius 2 is 1.88 bits per heavy atom. The second-order valence-corrected chi connectivity index (χ2v) is 5.96. The number of carbonyl (C=O) groups is 2. The number of halogens is 1. The summed E-state index contributed by atoms with van der Waals surface area (Å²) < 4.78 is 15.3. The van der Waals surface area contributed by atoms with Crippen molar-refractivity contribution in [3.8, 4) is 11.3 Å². The van der Waals surface area contributed by atoms with E-state index in [9.17, 15) is 14.0 Å². The van der Waals surface area contributed by atoms with Crippen LogP contribution in [0.5, 0.6) is 0 Å². The maximum Gasteiger partial charge on any atom is 0.249 e. The number of aromatic nitrogens is 2. The third-order valence-electron chi connectivity index (χ3n) is 4.18. The van der Waals surface area contributed by atoms with Crippen molar-refractivity contribution in [2.24, 2.45) is 0 Å². The molecule has 3 aromatic rings. The van der Waals surface area contributed by atoms with Crippen LogP contribution >= 0.6 is 0 Å². The van der Waals surface area contributed by atoms with Crippen LogP contribution in [0.4, 0.5) is 15.9 Å². The van der Waals surface area contributed by atoms with E-state index in [-0.39, 0.29) is 18.0 Å². The van der Waals surface area contributed by atoms with Gasteiger partial charge in [-0.25, -0.2) is 9.07 Å². The lowest BCUT2D eigenvalue weighted by Crippen LogP contribution is -2.35. The molecule has 4 rings (SSSR count). The first-order valence-corrected chi connectivity index (χ1v) is 8.12. The summed E-state index contributed by atoms with van der Waals surface area (Å²) in [5.41, 5.74) is 1.59. The summed E-state index contributed by atoms with van der Waals surface area (Å²) in [4.78, 5) is 24.7. The highest BCUT2D eigenvalue weighted by Gasteiger charge is 2.32. The third kappa shape index (κ3) is 2.95. The van der Waals surface area contributed by atoms with Gasteiger partial charge in [-0.1, -0.05) is 42.5 Å². The van der Waals surface area contributed by atoms with Gasteiger partial charge in [0.25, 0.3) is 0 Å². The van der Waals surface area contributed by atoms with Crippen molar-refractivity contribution in [2.45, 2.75) is 12.5 Å². The lowest BCUT2D eigenvalue weighted by atomic mass is 10.1. The van der Waals surface area contributed by atoms with E-state index in [1.165, 1.54) is 22.9 Å². The van der Waals surface area contributed by atoms with Crippen LogP contribution in [0.2, 0.25) is 0 Å². The Labute approximate surface area is 148 Å². The predicted molar refractivity (Wildman–Crippen MR) is 95.0 cm³/mol. The molecule has 2 aromatic carbocycles. The number of nitrogens with zero attached hydrogens (tertiary/aromatic N) is 2. The molecule has 0 spiro atoms. The van der Waals surface area contributed by atoms with E-state index in [1.807, 2.05) is 30.3 Å². The number of hydrogen-bond donors (Lipinski definition) is 2. The standard InChI is InChI=1S/C19H15FN4O2/c20-13-8-4-5-9-14(13)21-19(26)16-11-18(25)22-17-10-15(23-24(16)17)12-6-2-1-3-7-12/h1-10,16H,11H2,(H,21,26)(H,22,25). The highest BCUT2D eigenvalue weighted by Crippen LogP contribution is 2.30. The van der Waals surface area contributed by atoms with Gasteiger partial charge < -0.3 is 10.6 Å². The van der Waals surface area contributed by atoms with E-state index < -0.39 is 17.8 Å². The van der Waals surface area contributed by atoms with Crippen LogP contribution in [0.3, 0.4) is 0 Å². The van der Waals surface area contributed by atoms with Gasteiger partial charge in [-0.3, -0.25) is 9.59 Å². The zero-order valence-electron chi connectivity index (χ0n) is 13.6. The molecule has 1 aliphatic rings. The van der Waals surface area contributed by atoms with Crippen LogP contribution in [0.15, 0.2) is 60.7 Å². The summed E-state index contributed by atoms with van der Waals surface area (Å²) in [5.74, 6) is -0.875. The molecule has 0 saturated heterocycles. The van der Waals surface area contributed by atoms with Gasteiger partial charge in [0.2, 0.25) is 11.8 Å². The topological polar surface area (TPSA) is 76.0 Å². The van der Waals surface area contributed by atoms with Gasteiger partial charge in [0.1, 0.15) is 17.7 Å². The minimum atomic E-state index is -0.851. The van der Waals surface area contributed by atoms with Crippen molar-refractivity contribution >= 4 is 23.3 Å². The Hall–Kier alpha value is -3.48. The van der Waals surface area contributed by atoms with Crippen molar-refractivity contribution in [1.29, 1.82) is 0 Å². The van der Waals surface area contributed by atoms with Crippen molar-refractivity contribution in [3.05, 3.63) is 66.5 Å². The molecule has 2 heterocycles. The van der Waals surface area contributed by atoms with Crippen molar-refractivity contribution in [2.75, 3.05) is 10.6 Å². The lowest BCUT2D eigenvalue weighted by Gasteiger charge is -2.23. The second-order valence-electron chi connectivity index (χ2n) is 5.96. The molecule has 7 heteroatoms. The van der Waals surface area contributed by atoms with Gasteiger partial charge in [0.15, 0.2) is 0 Å². The van der Waals surface area contributed by atoms with Crippen LogP contribution in [-0.4, -0.2) is 21.6 Å². The largest absolute Gasteiger partial charge is 0.322 e. The number of hydrogen-bond acceptors (Lipinski definition) is 3. The SMILES string of the molecule is O=C1CC(C(=O)Nc2ccccc2F)n2nc(-c3ccccc3)cc2N1. The Morgan fingerprint density at radius 1 is 1.15 bits per heavy atom. The van der Waals surface area contributed by atoms with E-state index >= 15 is 0 Å². The summed E-state index contributed by atoms with van der Waals surface area (Å²) in [6.45, 7) is 0. The Kier molecular flexibility index (Phi) is 3.96. The molecule has 0 saturated carbocycles. The van der Waals surface area contributed by atoms with E-state index in [4.69, 9.17) is 0 Å². The molecule has 26 heavy (non-hydrogen) atoms. The first-order valence-electron chi connectivity index (χ1n) is 8.12. The van der Waals surface area contributed by atoms with E-state index in [0.29, 0.717) is 11.5 Å². The Balaban J connectivity index is 1.66. The van der Waals surface area contributed by atoms with E-state index in [0.717, 1.165) is 5.56 Å². The number of carbonyl (C=O) groups excluding carboxylic acids is 2. The van der Waals surface area contributed by atoms with E-state index in [2.05, 4.69) is 15.7 Å². The average molecular weight is 350 g/mol. The molecule has 0 aliphatic carbocycles. The highest BCUT2D eigenvalue weighted by atomic mass is 19.1. The fraction of sp³-hybridized carbons (Fsp3) is 0.105. The molecule has 6 nitrogen and oxygen atoms in total. The molecule has 1 aliphatic heterocycles. The summed E-state index contributed by atoms with van der Waals surface area (Å²) in [7, 11) is 0. The van der Waals surface area contributed by atoms with Crippen LogP contribution in [0.25, 0.3) is 11.3 Å². The zero-order valence-corrected chi connectivity index (χ0v) is 13.6. The minimum absolute atomic E-state index is 0.0663. The van der Waals surface area contributed by atoms with Gasteiger partial charge >= 0.3 is 0 Å². The highest BCUT2D eigenvalue weighted by molar-refractivity contribution is 6.01. The quantitative estimate of drug-likeness (QED) is 0.762. The Morgan fingerprint density at radius 3 is 2.65 bits per heavy atom. The number of nitrogens with one attached hydrogen (secondary N) is 2. The van der Waals surface area contributed by atoms with Crippen LogP contribution in [-0.2, 0) is 9.59 Å². The van der Waals surface area contributed by atoms with Gasteiger partial charge in [-0.05, 0) is 12.1 Å².